The fourth-order valence-corrected chi connectivity index (χ4v) is 2.21. The lowest BCUT2D eigenvalue weighted by Gasteiger charge is -2.25. The Balaban J connectivity index is 2.35. The maximum absolute atomic E-state index is 11.8. The second-order valence-electron chi connectivity index (χ2n) is 4.00. The third-order valence-corrected chi connectivity index (χ3v) is 3.73. The van der Waals surface area contributed by atoms with E-state index in [0.717, 1.165) is 6.42 Å². The van der Waals surface area contributed by atoms with Gasteiger partial charge >= 0.3 is 0 Å². The third kappa shape index (κ3) is 3.32. The van der Waals surface area contributed by atoms with Crippen molar-refractivity contribution in [1.29, 1.82) is 0 Å². The van der Waals surface area contributed by atoms with E-state index in [1.54, 1.807) is 11.3 Å². The summed E-state index contributed by atoms with van der Waals surface area (Å²) >= 11 is 1.68. The summed E-state index contributed by atoms with van der Waals surface area (Å²) in [6, 6.07) is 2.08. The highest BCUT2D eigenvalue weighted by Gasteiger charge is 2.29. The predicted molar refractivity (Wildman–Crippen MR) is 68.5 cm³/mol. The molecule has 1 heterocycles. The van der Waals surface area contributed by atoms with Crippen LogP contribution in [-0.4, -0.2) is 18.0 Å². The summed E-state index contributed by atoms with van der Waals surface area (Å²) in [6.07, 6.45) is 2.22. The van der Waals surface area contributed by atoms with Gasteiger partial charge in [0.05, 0.1) is 5.54 Å². The molecular formula is C12H20N2OS. The number of nitrogens with two attached hydrogens (primary N) is 1. The first-order valence-corrected chi connectivity index (χ1v) is 6.65. The lowest BCUT2D eigenvalue weighted by atomic mass is 9.93. The molecule has 0 radical (unpaired) electrons. The van der Waals surface area contributed by atoms with Gasteiger partial charge in [0.15, 0.2) is 0 Å². The predicted octanol–water partition coefficient (Wildman–Crippen LogP) is 1.92. The first-order valence-electron chi connectivity index (χ1n) is 5.70. The summed E-state index contributed by atoms with van der Waals surface area (Å²) in [6.45, 7) is 4.55. The van der Waals surface area contributed by atoms with Crippen molar-refractivity contribution in [3.8, 4) is 0 Å². The van der Waals surface area contributed by atoms with Gasteiger partial charge in [0, 0.05) is 6.54 Å². The first-order chi connectivity index (χ1) is 7.62. The topological polar surface area (TPSA) is 55.1 Å². The molecule has 0 aliphatic heterocycles. The number of carbonyl (C=O) groups is 1. The minimum atomic E-state index is -0.700. The lowest BCUT2D eigenvalue weighted by Crippen LogP contribution is -2.53. The van der Waals surface area contributed by atoms with Gasteiger partial charge < -0.3 is 11.1 Å². The van der Waals surface area contributed by atoms with E-state index in [2.05, 4.69) is 16.8 Å². The van der Waals surface area contributed by atoms with Crippen molar-refractivity contribution in [3.05, 3.63) is 22.4 Å². The van der Waals surface area contributed by atoms with Crippen LogP contribution < -0.4 is 11.1 Å². The molecule has 0 aromatic carbocycles. The van der Waals surface area contributed by atoms with Crippen LogP contribution in [-0.2, 0) is 11.2 Å². The molecule has 0 aliphatic carbocycles. The zero-order valence-electron chi connectivity index (χ0n) is 9.95. The van der Waals surface area contributed by atoms with Crippen LogP contribution in [0.3, 0.4) is 0 Å². The Bertz CT molecular complexity index is 318. The van der Waals surface area contributed by atoms with Gasteiger partial charge in [-0.05, 0) is 41.7 Å². The highest BCUT2D eigenvalue weighted by molar-refractivity contribution is 7.07. The van der Waals surface area contributed by atoms with Crippen molar-refractivity contribution in [3.63, 3.8) is 0 Å². The number of nitrogens with one attached hydrogen (secondary N) is 1. The van der Waals surface area contributed by atoms with Gasteiger partial charge in [0.1, 0.15) is 0 Å². The van der Waals surface area contributed by atoms with E-state index >= 15 is 0 Å². The second kappa shape index (κ2) is 6.01. The first kappa shape index (κ1) is 13.2. The van der Waals surface area contributed by atoms with E-state index in [9.17, 15) is 4.79 Å². The van der Waals surface area contributed by atoms with Crippen LogP contribution in [0.1, 0.15) is 32.3 Å². The molecule has 0 saturated carbocycles. The molecule has 4 heteroatoms. The number of carbonyl (C=O) groups excluding carboxylic acids is 1. The fourth-order valence-electron chi connectivity index (χ4n) is 1.50. The summed E-state index contributed by atoms with van der Waals surface area (Å²) in [4.78, 5) is 11.8. The largest absolute Gasteiger partial charge is 0.354 e. The van der Waals surface area contributed by atoms with Gasteiger partial charge in [-0.3, -0.25) is 4.79 Å². The van der Waals surface area contributed by atoms with Gasteiger partial charge in [-0.15, -0.1) is 0 Å². The van der Waals surface area contributed by atoms with Crippen LogP contribution in [0.2, 0.25) is 0 Å². The zero-order chi connectivity index (χ0) is 12.0. The Morgan fingerprint density at radius 2 is 2.19 bits per heavy atom. The van der Waals surface area contributed by atoms with Crippen molar-refractivity contribution in [2.75, 3.05) is 6.54 Å². The molecule has 1 rings (SSSR count). The van der Waals surface area contributed by atoms with Crippen molar-refractivity contribution in [2.45, 2.75) is 38.6 Å². The Hall–Kier alpha value is -0.870. The number of amides is 1. The third-order valence-electron chi connectivity index (χ3n) is 2.99. The summed E-state index contributed by atoms with van der Waals surface area (Å²) < 4.78 is 0. The van der Waals surface area contributed by atoms with E-state index < -0.39 is 5.54 Å². The van der Waals surface area contributed by atoms with Crippen LogP contribution in [0.5, 0.6) is 0 Å². The van der Waals surface area contributed by atoms with E-state index in [1.165, 1.54) is 5.56 Å². The quantitative estimate of drug-likeness (QED) is 0.798. The Labute approximate surface area is 101 Å². The lowest BCUT2D eigenvalue weighted by molar-refractivity contribution is -0.126. The monoisotopic (exact) mass is 240 g/mol. The smallest absolute Gasteiger partial charge is 0.240 e. The van der Waals surface area contributed by atoms with Crippen molar-refractivity contribution >= 4 is 17.2 Å². The second-order valence-corrected chi connectivity index (χ2v) is 4.78. The molecule has 1 amide bonds. The van der Waals surface area contributed by atoms with Crippen molar-refractivity contribution in [1.82, 2.24) is 5.32 Å². The molecule has 0 spiro atoms. The maximum atomic E-state index is 11.8. The molecule has 0 aliphatic rings. The number of hydrogen-bond donors (Lipinski definition) is 2. The zero-order valence-corrected chi connectivity index (χ0v) is 10.8. The number of rotatable bonds is 6. The number of thiophene rings is 1. The SMILES string of the molecule is CCC(N)(CC)C(=O)NCCc1ccsc1. The molecule has 0 fully saturated rings. The van der Waals surface area contributed by atoms with Gasteiger partial charge in [-0.25, -0.2) is 0 Å². The van der Waals surface area contributed by atoms with Gasteiger partial charge in [0.2, 0.25) is 5.91 Å². The maximum Gasteiger partial charge on any atom is 0.240 e. The van der Waals surface area contributed by atoms with Crippen LogP contribution in [0.25, 0.3) is 0 Å². The molecule has 1 aromatic heterocycles. The van der Waals surface area contributed by atoms with Crippen LogP contribution >= 0.6 is 11.3 Å². The Morgan fingerprint density at radius 1 is 1.50 bits per heavy atom. The van der Waals surface area contributed by atoms with Crippen LogP contribution in [0, 0.1) is 0 Å². The van der Waals surface area contributed by atoms with Crippen LogP contribution in [0.15, 0.2) is 16.8 Å². The van der Waals surface area contributed by atoms with E-state index in [-0.39, 0.29) is 5.91 Å². The van der Waals surface area contributed by atoms with E-state index in [0.29, 0.717) is 19.4 Å². The molecule has 0 atom stereocenters. The highest BCUT2D eigenvalue weighted by Crippen LogP contribution is 2.11. The van der Waals surface area contributed by atoms with Crippen molar-refractivity contribution in [2.24, 2.45) is 5.73 Å². The standard InChI is InChI=1S/C12H20N2OS/c1-3-12(13,4-2)11(15)14-7-5-10-6-8-16-9-10/h6,8-9H,3-5,7,13H2,1-2H3,(H,14,15). The van der Waals surface area contributed by atoms with Gasteiger partial charge in [-0.1, -0.05) is 13.8 Å². The number of hydrogen-bond acceptors (Lipinski definition) is 3. The van der Waals surface area contributed by atoms with Gasteiger partial charge in [0.25, 0.3) is 0 Å². The summed E-state index contributed by atoms with van der Waals surface area (Å²) in [5, 5.41) is 7.05. The highest BCUT2D eigenvalue weighted by atomic mass is 32.1. The molecule has 16 heavy (non-hydrogen) atoms. The molecular weight excluding hydrogens is 220 g/mol. The molecule has 90 valence electrons. The molecule has 0 saturated heterocycles. The summed E-state index contributed by atoms with van der Waals surface area (Å²) in [7, 11) is 0. The summed E-state index contributed by atoms with van der Waals surface area (Å²) in [5.41, 5.74) is 6.55. The molecule has 0 bridgehead atoms. The van der Waals surface area contributed by atoms with E-state index in [4.69, 9.17) is 5.73 Å². The van der Waals surface area contributed by atoms with Crippen molar-refractivity contribution < 1.29 is 4.79 Å². The molecule has 3 N–H and O–H groups in total. The van der Waals surface area contributed by atoms with Gasteiger partial charge in [-0.2, -0.15) is 11.3 Å². The van der Waals surface area contributed by atoms with E-state index in [1.807, 2.05) is 19.2 Å². The summed E-state index contributed by atoms with van der Waals surface area (Å²) in [5.74, 6) is -0.0345. The molecule has 0 unspecified atom stereocenters. The fraction of sp³-hybridized carbons (Fsp3) is 0.583. The Kier molecular flexibility index (Phi) is 4.96. The normalized spacial score (nSPS) is 11.4. The average Bonchev–Trinajstić information content (AvgIpc) is 2.80. The minimum absolute atomic E-state index is 0.0345. The molecule has 1 aromatic rings. The van der Waals surface area contributed by atoms with Crippen LogP contribution in [0.4, 0.5) is 0 Å². The molecule has 3 nitrogen and oxygen atoms in total. The minimum Gasteiger partial charge on any atom is -0.354 e. The average molecular weight is 240 g/mol. The Morgan fingerprint density at radius 3 is 2.69 bits per heavy atom.